The van der Waals surface area contributed by atoms with Crippen LogP contribution in [0.25, 0.3) is 0 Å². The van der Waals surface area contributed by atoms with Gasteiger partial charge in [-0.1, -0.05) is 54.6 Å². The van der Waals surface area contributed by atoms with Crippen LogP contribution in [0.3, 0.4) is 0 Å². The van der Waals surface area contributed by atoms with E-state index >= 15 is 0 Å². The molecule has 0 aromatic heterocycles. The van der Waals surface area contributed by atoms with Crippen molar-refractivity contribution in [2.75, 3.05) is 18.4 Å². The highest BCUT2D eigenvalue weighted by Gasteiger charge is 2.28. The standard InChI is InChI=1S/C27H25N3O2/c28-19-23-8-4-5-9-25(23)27(32)30-16-14-22(15-17-30)26(31)29-24-12-10-21(11-13-24)18-20-6-2-1-3-7-20/h1-13,22H,14-18H2,(H,29,31). The molecule has 2 amide bonds. The number of hydrogen-bond donors (Lipinski definition) is 1. The molecule has 160 valence electrons. The van der Waals surface area contributed by atoms with Crippen molar-refractivity contribution >= 4 is 17.5 Å². The average molecular weight is 424 g/mol. The number of carbonyl (C=O) groups is 2. The number of rotatable bonds is 5. The second kappa shape index (κ2) is 9.93. The lowest BCUT2D eigenvalue weighted by molar-refractivity contribution is -0.121. The SMILES string of the molecule is N#Cc1ccccc1C(=O)N1CCC(C(=O)Nc2ccc(Cc3ccccc3)cc2)CC1. The Labute approximate surface area is 188 Å². The fourth-order valence-corrected chi connectivity index (χ4v) is 4.06. The second-order valence-electron chi connectivity index (χ2n) is 8.07. The highest BCUT2D eigenvalue weighted by molar-refractivity contribution is 5.97. The Morgan fingerprint density at radius 1 is 0.875 bits per heavy atom. The predicted octanol–water partition coefficient (Wildman–Crippen LogP) is 4.64. The molecular weight excluding hydrogens is 398 g/mol. The molecule has 3 aromatic carbocycles. The van der Waals surface area contributed by atoms with E-state index in [1.807, 2.05) is 42.5 Å². The van der Waals surface area contributed by atoms with E-state index in [9.17, 15) is 14.9 Å². The Kier molecular flexibility index (Phi) is 6.62. The highest BCUT2D eigenvalue weighted by atomic mass is 16.2. The molecule has 0 bridgehead atoms. The zero-order chi connectivity index (χ0) is 22.3. The minimum atomic E-state index is -0.144. The summed E-state index contributed by atoms with van der Waals surface area (Å²) in [7, 11) is 0. The summed E-state index contributed by atoms with van der Waals surface area (Å²) < 4.78 is 0. The normalized spacial score (nSPS) is 13.9. The van der Waals surface area contributed by atoms with Crippen LogP contribution in [0.2, 0.25) is 0 Å². The molecule has 0 radical (unpaired) electrons. The lowest BCUT2D eigenvalue weighted by Gasteiger charge is -2.31. The molecule has 1 saturated heterocycles. The molecule has 5 nitrogen and oxygen atoms in total. The first-order chi connectivity index (χ1) is 15.6. The zero-order valence-corrected chi connectivity index (χ0v) is 17.8. The van der Waals surface area contributed by atoms with Gasteiger partial charge >= 0.3 is 0 Å². The molecule has 1 fully saturated rings. The fourth-order valence-electron chi connectivity index (χ4n) is 4.06. The summed E-state index contributed by atoms with van der Waals surface area (Å²) in [5.41, 5.74) is 4.04. The monoisotopic (exact) mass is 423 g/mol. The number of nitrogens with one attached hydrogen (secondary N) is 1. The molecule has 1 aliphatic rings. The lowest BCUT2D eigenvalue weighted by atomic mass is 9.95. The first-order valence-electron chi connectivity index (χ1n) is 10.9. The number of nitriles is 1. The van der Waals surface area contributed by atoms with Crippen molar-refractivity contribution in [1.82, 2.24) is 4.90 Å². The summed E-state index contributed by atoms with van der Waals surface area (Å²) in [6.07, 6.45) is 2.08. The number of piperidine rings is 1. The lowest BCUT2D eigenvalue weighted by Crippen LogP contribution is -2.41. The van der Waals surface area contributed by atoms with E-state index in [1.165, 1.54) is 11.1 Å². The van der Waals surface area contributed by atoms with E-state index in [1.54, 1.807) is 29.2 Å². The Hall–Kier alpha value is -3.91. The van der Waals surface area contributed by atoms with Gasteiger partial charge in [-0.2, -0.15) is 5.26 Å². The van der Waals surface area contributed by atoms with Crippen molar-refractivity contribution in [3.63, 3.8) is 0 Å². The van der Waals surface area contributed by atoms with Gasteiger partial charge in [-0.3, -0.25) is 9.59 Å². The molecule has 0 spiro atoms. The van der Waals surface area contributed by atoms with Crippen molar-refractivity contribution < 1.29 is 9.59 Å². The topological polar surface area (TPSA) is 73.2 Å². The fraction of sp³-hybridized carbons (Fsp3) is 0.222. The van der Waals surface area contributed by atoms with E-state index < -0.39 is 0 Å². The first kappa shape index (κ1) is 21.3. The van der Waals surface area contributed by atoms with Crippen LogP contribution < -0.4 is 5.32 Å². The Bertz CT molecular complexity index is 1130. The summed E-state index contributed by atoms with van der Waals surface area (Å²) in [5, 5.41) is 12.2. The van der Waals surface area contributed by atoms with Crippen molar-refractivity contribution in [1.29, 1.82) is 5.26 Å². The Morgan fingerprint density at radius 3 is 2.19 bits per heavy atom. The third kappa shape index (κ3) is 5.04. The molecular formula is C27H25N3O2. The number of anilines is 1. The maximum atomic E-state index is 12.8. The molecule has 32 heavy (non-hydrogen) atoms. The van der Waals surface area contributed by atoms with Gasteiger partial charge in [0.05, 0.1) is 17.2 Å². The van der Waals surface area contributed by atoms with E-state index in [-0.39, 0.29) is 17.7 Å². The largest absolute Gasteiger partial charge is 0.339 e. The third-order valence-electron chi connectivity index (χ3n) is 5.90. The van der Waals surface area contributed by atoms with E-state index in [4.69, 9.17) is 0 Å². The van der Waals surface area contributed by atoms with Gasteiger partial charge in [-0.25, -0.2) is 0 Å². The van der Waals surface area contributed by atoms with Crippen molar-refractivity contribution in [2.24, 2.45) is 5.92 Å². The molecule has 4 rings (SSSR count). The van der Waals surface area contributed by atoms with Crippen LogP contribution >= 0.6 is 0 Å². The van der Waals surface area contributed by atoms with Gasteiger partial charge in [-0.05, 0) is 54.7 Å². The quantitative estimate of drug-likeness (QED) is 0.650. The van der Waals surface area contributed by atoms with Gasteiger partial charge in [0.15, 0.2) is 0 Å². The Morgan fingerprint density at radius 2 is 1.50 bits per heavy atom. The number of likely N-dealkylation sites (tertiary alicyclic amines) is 1. The van der Waals surface area contributed by atoms with Crippen LogP contribution in [0.4, 0.5) is 5.69 Å². The summed E-state index contributed by atoms with van der Waals surface area (Å²) >= 11 is 0. The van der Waals surface area contributed by atoms with Gasteiger partial charge in [0.2, 0.25) is 5.91 Å². The second-order valence-corrected chi connectivity index (χ2v) is 8.07. The third-order valence-corrected chi connectivity index (χ3v) is 5.90. The van der Waals surface area contributed by atoms with E-state index in [2.05, 4.69) is 23.5 Å². The van der Waals surface area contributed by atoms with E-state index in [0.29, 0.717) is 37.1 Å². The zero-order valence-electron chi connectivity index (χ0n) is 17.8. The van der Waals surface area contributed by atoms with Crippen molar-refractivity contribution in [2.45, 2.75) is 19.3 Å². The van der Waals surface area contributed by atoms with Gasteiger partial charge in [0.1, 0.15) is 0 Å². The first-order valence-corrected chi connectivity index (χ1v) is 10.9. The smallest absolute Gasteiger partial charge is 0.255 e. The van der Waals surface area contributed by atoms with Crippen molar-refractivity contribution in [3.8, 4) is 6.07 Å². The molecule has 3 aromatic rings. The van der Waals surface area contributed by atoms with Crippen LogP contribution in [0.5, 0.6) is 0 Å². The molecule has 0 saturated carbocycles. The summed E-state index contributed by atoms with van der Waals surface area (Å²) in [5.74, 6) is -0.283. The molecule has 0 aliphatic carbocycles. The number of benzene rings is 3. The molecule has 1 N–H and O–H groups in total. The number of nitrogens with zero attached hydrogens (tertiary/aromatic N) is 2. The summed E-state index contributed by atoms with van der Waals surface area (Å²) in [4.78, 5) is 27.3. The van der Waals surface area contributed by atoms with Crippen LogP contribution in [0.15, 0.2) is 78.9 Å². The number of carbonyl (C=O) groups excluding carboxylic acids is 2. The van der Waals surface area contributed by atoms with Gasteiger partial charge in [0, 0.05) is 24.7 Å². The van der Waals surface area contributed by atoms with Crippen LogP contribution in [0.1, 0.15) is 39.9 Å². The number of hydrogen-bond acceptors (Lipinski definition) is 3. The maximum Gasteiger partial charge on any atom is 0.255 e. The molecule has 0 unspecified atom stereocenters. The maximum absolute atomic E-state index is 12.8. The molecule has 1 aliphatic heterocycles. The Balaban J connectivity index is 1.30. The summed E-state index contributed by atoms with van der Waals surface area (Å²) in [6.45, 7) is 1.01. The summed E-state index contributed by atoms with van der Waals surface area (Å²) in [6, 6.07) is 27.2. The highest BCUT2D eigenvalue weighted by Crippen LogP contribution is 2.22. The minimum absolute atomic E-state index is 0.00895. The van der Waals surface area contributed by atoms with Crippen LogP contribution in [-0.4, -0.2) is 29.8 Å². The minimum Gasteiger partial charge on any atom is -0.339 e. The van der Waals surface area contributed by atoms with Crippen LogP contribution in [-0.2, 0) is 11.2 Å². The van der Waals surface area contributed by atoms with Gasteiger partial charge in [0.25, 0.3) is 5.91 Å². The predicted molar refractivity (Wildman–Crippen MR) is 124 cm³/mol. The van der Waals surface area contributed by atoms with Gasteiger partial charge in [-0.15, -0.1) is 0 Å². The molecule has 1 heterocycles. The van der Waals surface area contributed by atoms with Gasteiger partial charge < -0.3 is 10.2 Å². The number of amides is 2. The molecule has 0 atom stereocenters. The molecule has 5 heteroatoms. The van der Waals surface area contributed by atoms with E-state index in [0.717, 1.165) is 12.1 Å². The van der Waals surface area contributed by atoms with Crippen molar-refractivity contribution in [3.05, 3.63) is 101 Å². The average Bonchev–Trinajstić information content (AvgIpc) is 2.85. The van der Waals surface area contributed by atoms with Crippen LogP contribution in [0, 0.1) is 17.2 Å².